The van der Waals surface area contributed by atoms with E-state index in [-0.39, 0.29) is 6.61 Å². The molecule has 2 aromatic rings. The molecule has 2 aliphatic heterocycles. The van der Waals surface area contributed by atoms with E-state index in [1.54, 1.807) is 7.11 Å². The van der Waals surface area contributed by atoms with Crippen molar-refractivity contribution < 1.29 is 9.84 Å². The van der Waals surface area contributed by atoms with Gasteiger partial charge in [0.25, 0.3) is 0 Å². The number of fused-ring (bicyclic) bond motifs is 3. The van der Waals surface area contributed by atoms with Gasteiger partial charge in [0.1, 0.15) is 18.5 Å². The van der Waals surface area contributed by atoms with E-state index in [1.807, 2.05) is 47.5 Å². The average Bonchev–Trinajstić information content (AvgIpc) is 3.08. The topological polar surface area (TPSA) is 60.7 Å². The third kappa shape index (κ3) is 3.15. The number of halogens is 1. The lowest BCUT2D eigenvalue weighted by molar-refractivity contribution is 0.289. The number of hydrogen-bond acceptors (Lipinski definition) is 6. The summed E-state index contributed by atoms with van der Waals surface area (Å²) in [6.07, 6.45) is 0. The van der Waals surface area contributed by atoms with Crippen LogP contribution in [-0.2, 0) is 0 Å². The first-order valence-electron chi connectivity index (χ1n) is 8.88. The van der Waals surface area contributed by atoms with Gasteiger partial charge in [-0.15, -0.1) is 0 Å². The van der Waals surface area contributed by atoms with Crippen molar-refractivity contribution in [1.29, 1.82) is 0 Å². The van der Waals surface area contributed by atoms with E-state index in [0.717, 1.165) is 40.7 Å². The summed E-state index contributed by atoms with van der Waals surface area (Å²) in [6, 6.07) is 13.1. The number of nitrogens with zero attached hydrogens (tertiary/aromatic N) is 4. The van der Waals surface area contributed by atoms with Crippen LogP contribution in [0.3, 0.4) is 0 Å². The molecule has 6 nitrogen and oxygen atoms in total. The number of aliphatic hydroxyl groups is 1. The lowest BCUT2D eigenvalue weighted by Gasteiger charge is -2.23. The van der Waals surface area contributed by atoms with Crippen LogP contribution in [0.5, 0.6) is 5.75 Å². The van der Waals surface area contributed by atoms with Crippen LogP contribution in [-0.4, -0.2) is 54.6 Å². The average molecular weight is 385 g/mol. The molecule has 1 N–H and O–H groups in total. The maximum atomic E-state index is 10.0. The first kappa shape index (κ1) is 17.8. The van der Waals surface area contributed by atoms with Crippen LogP contribution >= 0.6 is 11.6 Å². The number of rotatable bonds is 4. The summed E-state index contributed by atoms with van der Waals surface area (Å²) in [7, 11) is 1.65. The number of ether oxygens (including phenoxy) is 1. The number of benzene rings is 2. The first-order chi connectivity index (χ1) is 13.1. The molecule has 4 rings (SSSR count). The Morgan fingerprint density at radius 2 is 2.00 bits per heavy atom. The molecular weight excluding hydrogens is 364 g/mol. The van der Waals surface area contributed by atoms with Crippen LogP contribution < -0.4 is 9.64 Å². The lowest BCUT2D eigenvalue weighted by Crippen LogP contribution is -2.37. The Balaban J connectivity index is 1.93. The van der Waals surface area contributed by atoms with Gasteiger partial charge in [-0.1, -0.05) is 23.7 Å². The molecule has 0 fully saturated rings. The number of anilines is 1. The Morgan fingerprint density at radius 3 is 2.67 bits per heavy atom. The van der Waals surface area contributed by atoms with E-state index >= 15 is 0 Å². The Hall–Kier alpha value is -2.57. The van der Waals surface area contributed by atoms with Gasteiger partial charge >= 0.3 is 0 Å². The van der Waals surface area contributed by atoms with Gasteiger partial charge in [-0.25, -0.2) is 0 Å². The molecule has 2 aromatic carbocycles. The van der Waals surface area contributed by atoms with Crippen molar-refractivity contribution in [2.24, 2.45) is 10.1 Å². The molecule has 140 valence electrons. The Bertz CT molecular complexity index is 911. The van der Waals surface area contributed by atoms with Crippen LogP contribution in [0.4, 0.5) is 5.69 Å². The highest BCUT2D eigenvalue weighted by Gasteiger charge is 2.35. The molecular formula is C20H21ClN4O2. The second-order valence-electron chi connectivity index (χ2n) is 6.42. The van der Waals surface area contributed by atoms with Crippen LogP contribution in [0.25, 0.3) is 0 Å². The molecule has 0 bridgehead atoms. The second-order valence-corrected chi connectivity index (χ2v) is 6.85. The number of amidine groups is 1. The summed E-state index contributed by atoms with van der Waals surface area (Å²) < 4.78 is 5.45. The third-order valence-corrected chi connectivity index (χ3v) is 5.07. The van der Waals surface area contributed by atoms with Crippen molar-refractivity contribution >= 4 is 28.8 Å². The Morgan fingerprint density at radius 1 is 1.22 bits per heavy atom. The zero-order valence-electron chi connectivity index (χ0n) is 15.3. The van der Waals surface area contributed by atoms with Crippen LogP contribution in [0, 0.1) is 0 Å². The highest BCUT2D eigenvalue weighted by Crippen LogP contribution is 2.34. The highest BCUT2D eigenvalue weighted by atomic mass is 35.5. The minimum atomic E-state index is -0.439. The van der Waals surface area contributed by atoms with Gasteiger partial charge in [0, 0.05) is 22.7 Å². The summed E-state index contributed by atoms with van der Waals surface area (Å²) in [5.74, 6) is 1.51. The highest BCUT2D eigenvalue weighted by molar-refractivity contribution is 6.31. The van der Waals surface area contributed by atoms with Gasteiger partial charge in [-0.2, -0.15) is 5.10 Å². The molecule has 0 radical (unpaired) electrons. The van der Waals surface area contributed by atoms with Gasteiger partial charge in [0.2, 0.25) is 0 Å². The molecule has 27 heavy (non-hydrogen) atoms. The fourth-order valence-corrected chi connectivity index (χ4v) is 3.52. The number of aliphatic hydroxyl groups excluding tert-OH is 1. The molecule has 0 amide bonds. The van der Waals surface area contributed by atoms with E-state index in [2.05, 4.69) is 16.9 Å². The van der Waals surface area contributed by atoms with Crippen molar-refractivity contribution in [3.05, 3.63) is 58.6 Å². The molecule has 0 saturated heterocycles. The van der Waals surface area contributed by atoms with Gasteiger partial charge in [-0.05, 0) is 37.3 Å². The van der Waals surface area contributed by atoms with Crippen molar-refractivity contribution in [3.63, 3.8) is 0 Å². The number of hydrogen-bond donors (Lipinski definition) is 1. The summed E-state index contributed by atoms with van der Waals surface area (Å²) >= 11 is 6.06. The van der Waals surface area contributed by atoms with E-state index in [9.17, 15) is 5.11 Å². The number of hydrazone groups is 1. The molecule has 0 saturated carbocycles. The summed E-state index contributed by atoms with van der Waals surface area (Å²) in [4.78, 5) is 7.01. The fourth-order valence-electron chi connectivity index (χ4n) is 3.39. The van der Waals surface area contributed by atoms with Crippen molar-refractivity contribution in [2.75, 3.05) is 31.8 Å². The van der Waals surface area contributed by atoms with Crippen molar-refractivity contribution in [1.82, 2.24) is 5.01 Å². The standard InChI is InChI=1S/C20H21ClN4O2/c1-3-24-12-25-18-9-8-15(27-2)10-16(18)19(13-4-6-14(21)7-5-13)22-17(11-26)20(25)23-24/h4-10,17,26H,3,11-12H2,1-2H3. The summed E-state index contributed by atoms with van der Waals surface area (Å²) in [5, 5.41) is 17.3. The van der Waals surface area contributed by atoms with Gasteiger partial charge < -0.3 is 14.7 Å². The van der Waals surface area contributed by atoms with Gasteiger partial charge in [-0.3, -0.25) is 10.0 Å². The predicted molar refractivity (Wildman–Crippen MR) is 108 cm³/mol. The smallest absolute Gasteiger partial charge is 0.158 e. The molecule has 1 atom stereocenters. The fraction of sp³-hybridized carbons (Fsp3) is 0.300. The van der Waals surface area contributed by atoms with Crippen LogP contribution in [0.15, 0.2) is 52.6 Å². The van der Waals surface area contributed by atoms with E-state index in [4.69, 9.17) is 21.3 Å². The molecule has 2 heterocycles. The van der Waals surface area contributed by atoms with E-state index in [1.165, 1.54) is 0 Å². The molecule has 0 aromatic heterocycles. The zero-order chi connectivity index (χ0) is 19.0. The summed E-state index contributed by atoms with van der Waals surface area (Å²) in [6.45, 7) is 3.36. The third-order valence-electron chi connectivity index (χ3n) is 4.81. The monoisotopic (exact) mass is 384 g/mol. The van der Waals surface area contributed by atoms with Gasteiger partial charge in [0.05, 0.1) is 25.1 Å². The largest absolute Gasteiger partial charge is 0.497 e. The quantitative estimate of drug-likeness (QED) is 0.880. The van der Waals surface area contributed by atoms with E-state index < -0.39 is 6.04 Å². The van der Waals surface area contributed by atoms with Crippen LogP contribution in [0.2, 0.25) is 5.02 Å². The van der Waals surface area contributed by atoms with Crippen molar-refractivity contribution in [3.8, 4) is 5.75 Å². The van der Waals surface area contributed by atoms with Gasteiger partial charge in [0.15, 0.2) is 5.84 Å². The van der Waals surface area contributed by atoms with Crippen LogP contribution in [0.1, 0.15) is 18.1 Å². The lowest BCUT2D eigenvalue weighted by atomic mass is 10.00. The second kappa shape index (κ2) is 7.21. The zero-order valence-corrected chi connectivity index (χ0v) is 16.0. The molecule has 7 heteroatoms. The summed E-state index contributed by atoms with van der Waals surface area (Å²) in [5.41, 5.74) is 3.66. The number of methoxy groups -OCH3 is 1. The molecule has 0 spiro atoms. The maximum absolute atomic E-state index is 10.0. The number of aliphatic imine (C=N–C) groups is 1. The SMILES string of the molecule is CCN1CN2C(=N1)C(CO)N=C(c1ccc(Cl)cc1)c1cc(OC)ccc12. The minimum Gasteiger partial charge on any atom is -0.497 e. The normalized spacial score (nSPS) is 18.4. The molecule has 2 aliphatic rings. The van der Waals surface area contributed by atoms with Crippen molar-refractivity contribution in [2.45, 2.75) is 13.0 Å². The first-order valence-corrected chi connectivity index (χ1v) is 9.26. The van der Waals surface area contributed by atoms with E-state index in [0.29, 0.717) is 11.7 Å². The minimum absolute atomic E-state index is 0.116. The molecule has 0 aliphatic carbocycles. The Kier molecular flexibility index (Phi) is 4.76. The maximum Gasteiger partial charge on any atom is 0.158 e. The predicted octanol–water partition coefficient (Wildman–Crippen LogP) is 2.97. The molecule has 1 unspecified atom stereocenters. The Labute approximate surface area is 163 Å².